The van der Waals surface area contributed by atoms with E-state index in [4.69, 9.17) is 16.3 Å². The molecule has 0 saturated carbocycles. The van der Waals surface area contributed by atoms with Gasteiger partial charge < -0.3 is 14.7 Å². The topological polar surface area (TPSA) is 58.5 Å². The number of hydrogen-bond acceptors (Lipinski definition) is 5. The van der Waals surface area contributed by atoms with Crippen LogP contribution in [-0.4, -0.2) is 47.5 Å². The molecule has 5 nitrogen and oxygen atoms in total. The van der Waals surface area contributed by atoms with E-state index in [2.05, 4.69) is 9.97 Å². The molecule has 6 heteroatoms. The van der Waals surface area contributed by atoms with Crippen LogP contribution in [0.1, 0.15) is 0 Å². The van der Waals surface area contributed by atoms with E-state index in [0.717, 1.165) is 11.4 Å². The second kappa shape index (κ2) is 6.39. The van der Waals surface area contributed by atoms with Crippen LogP contribution in [0.5, 0.6) is 0 Å². The number of rotatable bonds is 3. The van der Waals surface area contributed by atoms with Gasteiger partial charge in [-0.15, -0.1) is 0 Å². The Bertz CT molecular complexity index is 609. The summed E-state index contributed by atoms with van der Waals surface area (Å²) in [6, 6.07) is 11.3. The number of benzene rings is 1. The van der Waals surface area contributed by atoms with Gasteiger partial charge in [-0.25, -0.2) is 9.97 Å². The highest BCUT2D eigenvalue weighted by atomic mass is 35.5. The van der Waals surface area contributed by atoms with E-state index in [1.165, 1.54) is 0 Å². The van der Waals surface area contributed by atoms with Crippen molar-refractivity contribution < 1.29 is 9.84 Å². The number of halogens is 1. The largest absolute Gasteiger partial charge is 0.394 e. The zero-order valence-corrected chi connectivity index (χ0v) is 12.2. The number of aliphatic hydroxyl groups excluding tert-OH is 1. The molecular formula is C15H16ClN3O2. The van der Waals surface area contributed by atoms with Crippen molar-refractivity contribution in [1.82, 2.24) is 9.97 Å². The van der Waals surface area contributed by atoms with Gasteiger partial charge in [0.05, 0.1) is 25.9 Å². The Morgan fingerprint density at radius 3 is 2.86 bits per heavy atom. The third kappa shape index (κ3) is 3.15. The Labute approximate surface area is 128 Å². The van der Waals surface area contributed by atoms with Crippen molar-refractivity contribution in [3.05, 3.63) is 41.6 Å². The first-order valence-electron chi connectivity index (χ1n) is 6.83. The standard InChI is InChI=1S/C15H16ClN3O2/c16-13-8-14(19-6-7-21-10-12(19)9-20)18-15(17-13)11-4-2-1-3-5-11/h1-5,8,12,20H,6-7,9-10H2. The molecule has 110 valence electrons. The summed E-state index contributed by atoms with van der Waals surface area (Å²) in [5.74, 6) is 1.30. The summed E-state index contributed by atoms with van der Waals surface area (Å²) in [6.45, 7) is 1.78. The normalized spacial score (nSPS) is 18.8. The molecule has 2 aromatic rings. The summed E-state index contributed by atoms with van der Waals surface area (Å²) in [4.78, 5) is 10.9. The van der Waals surface area contributed by atoms with Crippen molar-refractivity contribution in [2.75, 3.05) is 31.3 Å². The lowest BCUT2D eigenvalue weighted by Gasteiger charge is -2.35. The lowest BCUT2D eigenvalue weighted by atomic mass is 10.2. The van der Waals surface area contributed by atoms with Gasteiger partial charge in [-0.2, -0.15) is 0 Å². The second-order valence-corrected chi connectivity index (χ2v) is 5.23. The summed E-state index contributed by atoms with van der Waals surface area (Å²) < 4.78 is 5.39. The minimum atomic E-state index is -0.103. The predicted octanol–water partition coefficient (Wildman–Crippen LogP) is 1.99. The number of nitrogens with zero attached hydrogens (tertiary/aromatic N) is 3. The van der Waals surface area contributed by atoms with Crippen LogP contribution in [0, 0.1) is 0 Å². The van der Waals surface area contributed by atoms with Gasteiger partial charge >= 0.3 is 0 Å². The fraction of sp³-hybridized carbons (Fsp3) is 0.333. The van der Waals surface area contributed by atoms with Crippen molar-refractivity contribution in [3.63, 3.8) is 0 Å². The number of aliphatic hydroxyl groups is 1. The summed E-state index contributed by atoms with van der Waals surface area (Å²) in [5, 5.41) is 9.87. The maximum absolute atomic E-state index is 9.48. The predicted molar refractivity (Wildman–Crippen MR) is 81.5 cm³/mol. The van der Waals surface area contributed by atoms with Crippen molar-refractivity contribution in [3.8, 4) is 11.4 Å². The Morgan fingerprint density at radius 1 is 1.29 bits per heavy atom. The maximum Gasteiger partial charge on any atom is 0.163 e. The molecular weight excluding hydrogens is 290 g/mol. The third-order valence-corrected chi connectivity index (χ3v) is 3.64. The van der Waals surface area contributed by atoms with E-state index in [1.54, 1.807) is 6.07 Å². The molecule has 1 aliphatic rings. The molecule has 0 bridgehead atoms. The summed E-state index contributed by atoms with van der Waals surface area (Å²) in [5.41, 5.74) is 0.912. The van der Waals surface area contributed by atoms with E-state index in [-0.39, 0.29) is 12.6 Å². The van der Waals surface area contributed by atoms with Crippen LogP contribution in [0.2, 0.25) is 5.15 Å². The van der Waals surface area contributed by atoms with E-state index < -0.39 is 0 Å². The highest BCUT2D eigenvalue weighted by molar-refractivity contribution is 6.29. The molecule has 3 rings (SSSR count). The Kier molecular flexibility index (Phi) is 4.34. The molecule has 21 heavy (non-hydrogen) atoms. The molecule has 2 heterocycles. The molecule has 1 N–H and O–H groups in total. The fourth-order valence-corrected chi connectivity index (χ4v) is 2.55. The number of hydrogen-bond donors (Lipinski definition) is 1. The van der Waals surface area contributed by atoms with Gasteiger partial charge in [-0.3, -0.25) is 0 Å². The summed E-state index contributed by atoms with van der Waals surface area (Å²) in [7, 11) is 0. The van der Waals surface area contributed by atoms with Gasteiger partial charge in [0, 0.05) is 18.2 Å². The average molecular weight is 306 g/mol. The Morgan fingerprint density at radius 2 is 2.10 bits per heavy atom. The lowest BCUT2D eigenvalue weighted by Crippen LogP contribution is -2.48. The van der Waals surface area contributed by atoms with Crippen molar-refractivity contribution in [2.45, 2.75) is 6.04 Å². The third-order valence-electron chi connectivity index (χ3n) is 3.45. The molecule has 0 radical (unpaired) electrons. The lowest BCUT2D eigenvalue weighted by molar-refractivity contribution is 0.0723. The minimum absolute atomic E-state index is 0.0162. The monoisotopic (exact) mass is 305 g/mol. The number of ether oxygens (including phenoxy) is 1. The SMILES string of the molecule is OCC1COCCN1c1cc(Cl)nc(-c2ccccc2)n1. The van der Waals surface area contributed by atoms with Crippen LogP contribution in [0.15, 0.2) is 36.4 Å². The summed E-state index contributed by atoms with van der Waals surface area (Å²) >= 11 is 6.14. The highest BCUT2D eigenvalue weighted by Gasteiger charge is 2.24. The van der Waals surface area contributed by atoms with Crippen molar-refractivity contribution in [1.29, 1.82) is 0 Å². The number of morpholine rings is 1. The van der Waals surface area contributed by atoms with Crippen LogP contribution < -0.4 is 4.90 Å². The smallest absolute Gasteiger partial charge is 0.163 e. The van der Waals surface area contributed by atoms with E-state index in [9.17, 15) is 5.11 Å². The molecule has 0 amide bonds. The Hall–Kier alpha value is -1.69. The molecule has 0 spiro atoms. The van der Waals surface area contributed by atoms with Crippen molar-refractivity contribution >= 4 is 17.4 Å². The molecule has 1 fully saturated rings. The quantitative estimate of drug-likeness (QED) is 0.879. The van der Waals surface area contributed by atoms with E-state index in [1.807, 2.05) is 35.2 Å². The van der Waals surface area contributed by atoms with E-state index >= 15 is 0 Å². The average Bonchev–Trinajstić information content (AvgIpc) is 2.55. The van der Waals surface area contributed by atoms with Gasteiger partial charge in [0.2, 0.25) is 0 Å². The first-order valence-corrected chi connectivity index (χ1v) is 7.21. The number of aromatic nitrogens is 2. The van der Waals surface area contributed by atoms with Crippen LogP contribution in [0.3, 0.4) is 0 Å². The molecule has 1 aliphatic heterocycles. The molecule has 1 saturated heterocycles. The maximum atomic E-state index is 9.48. The van der Waals surface area contributed by atoms with Crippen LogP contribution in [0.25, 0.3) is 11.4 Å². The van der Waals surface area contributed by atoms with Gasteiger partial charge in [-0.05, 0) is 0 Å². The van der Waals surface area contributed by atoms with Gasteiger partial charge in [0.25, 0.3) is 0 Å². The highest BCUT2D eigenvalue weighted by Crippen LogP contribution is 2.24. The molecule has 1 aromatic heterocycles. The first kappa shape index (κ1) is 14.3. The van der Waals surface area contributed by atoms with Crippen LogP contribution in [0.4, 0.5) is 5.82 Å². The molecule has 1 unspecified atom stereocenters. The van der Waals surface area contributed by atoms with Gasteiger partial charge in [-0.1, -0.05) is 41.9 Å². The first-order chi connectivity index (χ1) is 10.3. The zero-order valence-electron chi connectivity index (χ0n) is 11.4. The van der Waals surface area contributed by atoms with Crippen LogP contribution in [-0.2, 0) is 4.74 Å². The van der Waals surface area contributed by atoms with Crippen LogP contribution >= 0.6 is 11.6 Å². The number of anilines is 1. The fourth-order valence-electron chi connectivity index (χ4n) is 2.38. The zero-order chi connectivity index (χ0) is 14.7. The van der Waals surface area contributed by atoms with Gasteiger partial charge in [0.15, 0.2) is 5.82 Å². The van der Waals surface area contributed by atoms with Crippen molar-refractivity contribution in [2.24, 2.45) is 0 Å². The molecule has 0 aliphatic carbocycles. The Balaban J connectivity index is 1.97. The summed E-state index contributed by atoms with van der Waals surface area (Å²) in [6.07, 6.45) is 0. The van der Waals surface area contributed by atoms with Gasteiger partial charge in [0.1, 0.15) is 11.0 Å². The second-order valence-electron chi connectivity index (χ2n) is 4.84. The van der Waals surface area contributed by atoms with E-state index in [0.29, 0.717) is 30.7 Å². The molecule has 1 aromatic carbocycles. The molecule has 1 atom stereocenters. The minimum Gasteiger partial charge on any atom is -0.394 e.